The fourth-order valence-electron chi connectivity index (χ4n) is 2.44. The van der Waals surface area contributed by atoms with Gasteiger partial charge in [-0.2, -0.15) is 0 Å². The zero-order chi connectivity index (χ0) is 17.7. The van der Waals surface area contributed by atoms with Gasteiger partial charge in [0.05, 0.1) is 5.69 Å². The number of aromatic nitrogens is 3. The smallest absolute Gasteiger partial charge is 0.253 e. The van der Waals surface area contributed by atoms with Crippen LogP contribution in [0.3, 0.4) is 0 Å². The molecule has 0 radical (unpaired) electrons. The molecule has 2 rings (SSSR count). The molecule has 0 aliphatic carbocycles. The van der Waals surface area contributed by atoms with Crippen molar-refractivity contribution in [3.63, 3.8) is 0 Å². The molecule has 0 fully saturated rings. The van der Waals surface area contributed by atoms with Crippen molar-refractivity contribution in [2.75, 3.05) is 10.5 Å². The number of hydrogen-bond acceptors (Lipinski definition) is 4. The van der Waals surface area contributed by atoms with Crippen LogP contribution in [0, 0.1) is 6.92 Å². The minimum absolute atomic E-state index is 0.0200. The van der Waals surface area contributed by atoms with E-state index in [1.807, 2.05) is 13.0 Å². The van der Waals surface area contributed by atoms with Gasteiger partial charge in [0, 0.05) is 36.3 Å². The van der Waals surface area contributed by atoms with Crippen LogP contribution in [0.1, 0.15) is 37.8 Å². The molecule has 0 amide bonds. The van der Waals surface area contributed by atoms with Gasteiger partial charge in [0.15, 0.2) is 0 Å². The second-order valence-electron chi connectivity index (χ2n) is 5.74. The van der Waals surface area contributed by atoms with Gasteiger partial charge in [-0.15, -0.1) is 0 Å². The van der Waals surface area contributed by atoms with Gasteiger partial charge in [0.1, 0.15) is 11.0 Å². The molecule has 0 saturated carbocycles. The van der Waals surface area contributed by atoms with E-state index in [0.29, 0.717) is 17.3 Å². The summed E-state index contributed by atoms with van der Waals surface area (Å²) < 4.78 is 16.1. The zero-order valence-electron chi connectivity index (χ0n) is 14.6. The summed E-state index contributed by atoms with van der Waals surface area (Å²) in [7, 11) is 0.536. The van der Waals surface area contributed by atoms with E-state index in [-0.39, 0.29) is 5.56 Å². The molecule has 1 atom stereocenters. The van der Waals surface area contributed by atoms with Crippen molar-refractivity contribution in [3.8, 4) is 11.3 Å². The molecule has 0 spiro atoms. The lowest BCUT2D eigenvalue weighted by atomic mass is 10.0. The number of rotatable bonds is 7. The van der Waals surface area contributed by atoms with Crippen molar-refractivity contribution >= 4 is 16.9 Å². The highest BCUT2D eigenvalue weighted by Crippen LogP contribution is 2.24. The van der Waals surface area contributed by atoms with Gasteiger partial charge >= 0.3 is 0 Å². The van der Waals surface area contributed by atoms with Crippen molar-refractivity contribution in [1.29, 1.82) is 0 Å². The van der Waals surface area contributed by atoms with Crippen molar-refractivity contribution < 1.29 is 4.21 Å². The summed E-state index contributed by atoms with van der Waals surface area (Å²) in [5.74, 6) is 0.826. The van der Waals surface area contributed by atoms with Crippen molar-refractivity contribution in [2.24, 2.45) is 7.05 Å². The van der Waals surface area contributed by atoms with Crippen LogP contribution in [0.2, 0.25) is 0 Å². The molecular formula is C17H24N4O2S. The van der Waals surface area contributed by atoms with Gasteiger partial charge in [0.2, 0.25) is 5.95 Å². The van der Waals surface area contributed by atoms with E-state index in [2.05, 4.69) is 21.6 Å². The molecule has 2 aromatic rings. The summed E-state index contributed by atoms with van der Waals surface area (Å²) in [4.78, 5) is 20.8. The first-order chi connectivity index (χ1) is 11.5. The molecule has 6 nitrogen and oxygen atoms in total. The van der Waals surface area contributed by atoms with Gasteiger partial charge in [-0.3, -0.25) is 9.52 Å². The van der Waals surface area contributed by atoms with Crippen LogP contribution in [-0.2, 0) is 24.5 Å². The first-order valence-corrected chi connectivity index (χ1v) is 9.46. The van der Waals surface area contributed by atoms with Crippen molar-refractivity contribution in [1.82, 2.24) is 14.5 Å². The number of hydrogen-bond donors (Lipinski definition) is 1. The largest absolute Gasteiger partial charge is 0.318 e. The molecule has 0 bridgehead atoms. The normalized spacial score (nSPS) is 12.2. The summed E-state index contributed by atoms with van der Waals surface area (Å²) >= 11 is 0. The Hall–Kier alpha value is -2.02. The standard InChI is InChI=1S/C17H24N4O2S/c1-5-7-8-13-10-18-17(20-24(23)6-2)19-15(13)14-9-12(3)16(22)21(4)11-14/h9-11H,5-8H2,1-4H3,(H,18,19,20). The summed E-state index contributed by atoms with van der Waals surface area (Å²) in [6, 6.07) is 1.85. The summed E-state index contributed by atoms with van der Waals surface area (Å²) in [5, 5.41) is 0. The topological polar surface area (TPSA) is 76.9 Å². The third-order valence-corrected chi connectivity index (χ3v) is 4.70. The highest BCUT2D eigenvalue weighted by atomic mass is 32.2. The van der Waals surface area contributed by atoms with Crippen LogP contribution in [0.15, 0.2) is 23.3 Å². The first-order valence-electron chi connectivity index (χ1n) is 8.14. The Labute approximate surface area is 144 Å². The van der Waals surface area contributed by atoms with Crippen LogP contribution in [0.25, 0.3) is 11.3 Å². The van der Waals surface area contributed by atoms with E-state index in [9.17, 15) is 9.00 Å². The molecule has 0 aliphatic heterocycles. The minimum Gasteiger partial charge on any atom is -0.318 e. The van der Waals surface area contributed by atoms with E-state index in [0.717, 1.165) is 36.1 Å². The lowest BCUT2D eigenvalue weighted by Crippen LogP contribution is -2.19. The summed E-state index contributed by atoms with van der Waals surface area (Å²) in [6.07, 6.45) is 6.55. The number of nitrogens with zero attached hydrogens (tertiary/aromatic N) is 3. The monoisotopic (exact) mass is 348 g/mol. The number of pyridine rings is 1. The molecule has 24 heavy (non-hydrogen) atoms. The lowest BCUT2D eigenvalue weighted by molar-refractivity contribution is 0.686. The molecule has 130 valence electrons. The molecular weight excluding hydrogens is 324 g/mol. The maximum atomic E-state index is 11.9. The van der Waals surface area contributed by atoms with Crippen LogP contribution >= 0.6 is 0 Å². The van der Waals surface area contributed by atoms with E-state index in [1.165, 1.54) is 0 Å². The second-order valence-corrected chi connectivity index (χ2v) is 7.21. The average molecular weight is 348 g/mol. The Balaban J connectivity index is 2.52. The van der Waals surface area contributed by atoms with Gasteiger partial charge in [-0.1, -0.05) is 20.3 Å². The van der Waals surface area contributed by atoms with Gasteiger partial charge in [0.25, 0.3) is 5.56 Å². The highest BCUT2D eigenvalue weighted by molar-refractivity contribution is 7.86. The maximum absolute atomic E-state index is 11.9. The summed E-state index contributed by atoms with van der Waals surface area (Å²) in [5.41, 5.74) is 3.33. The van der Waals surface area contributed by atoms with E-state index >= 15 is 0 Å². The van der Waals surface area contributed by atoms with E-state index in [1.54, 1.807) is 30.9 Å². The van der Waals surface area contributed by atoms with Gasteiger partial charge < -0.3 is 4.57 Å². The van der Waals surface area contributed by atoms with Crippen LogP contribution in [0.5, 0.6) is 0 Å². The van der Waals surface area contributed by atoms with Crippen LogP contribution in [-0.4, -0.2) is 24.5 Å². The summed E-state index contributed by atoms with van der Waals surface area (Å²) in [6.45, 7) is 5.76. The van der Waals surface area contributed by atoms with E-state index < -0.39 is 11.0 Å². The highest BCUT2D eigenvalue weighted by Gasteiger charge is 2.12. The van der Waals surface area contributed by atoms with E-state index in [4.69, 9.17) is 0 Å². The first kappa shape index (κ1) is 18.3. The number of nitrogens with one attached hydrogen (secondary N) is 1. The second kappa shape index (κ2) is 8.19. The molecule has 0 aliphatic rings. The Kier molecular flexibility index (Phi) is 6.25. The number of unbranched alkanes of at least 4 members (excludes halogenated alkanes) is 1. The van der Waals surface area contributed by atoms with Crippen LogP contribution in [0.4, 0.5) is 5.95 Å². The third-order valence-electron chi connectivity index (χ3n) is 3.77. The van der Waals surface area contributed by atoms with Crippen molar-refractivity contribution in [3.05, 3.63) is 39.9 Å². The third kappa shape index (κ3) is 4.29. The van der Waals surface area contributed by atoms with Crippen LogP contribution < -0.4 is 10.3 Å². The Morgan fingerprint density at radius 2 is 2.08 bits per heavy atom. The molecule has 2 aromatic heterocycles. The minimum atomic E-state index is -1.20. The Morgan fingerprint density at radius 1 is 1.33 bits per heavy atom. The molecule has 0 aromatic carbocycles. The Bertz CT molecular complexity index is 775. The molecule has 0 saturated heterocycles. The Morgan fingerprint density at radius 3 is 2.71 bits per heavy atom. The SMILES string of the molecule is CCCCc1cnc(NS(=O)CC)nc1-c1cc(C)c(=O)n(C)c1. The predicted octanol–water partition coefficient (Wildman–Crippen LogP) is 2.59. The maximum Gasteiger partial charge on any atom is 0.253 e. The van der Waals surface area contributed by atoms with Gasteiger partial charge in [-0.05, 0) is 31.4 Å². The molecule has 2 heterocycles. The molecule has 1 unspecified atom stereocenters. The molecule has 7 heteroatoms. The lowest BCUT2D eigenvalue weighted by Gasteiger charge is -2.12. The van der Waals surface area contributed by atoms with Gasteiger partial charge in [-0.25, -0.2) is 14.2 Å². The number of anilines is 1. The average Bonchev–Trinajstić information content (AvgIpc) is 2.57. The van der Waals surface area contributed by atoms with Crippen molar-refractivity contribution in [2.45, 2.75) is 40.0 Å². The fraction of sp³-hybridized carbons (Fsp3) is 0.471. The fourth-order valence-corrected chi connectivity index (χ4v) is 2.88. The quantitative estimate of drug-likeness (QED) is 0.834. The predicted molar refractivity (Wildman–Crippen MR) is 98.4 cm³/mol. The molecule has 1 N–H and O–H groups in total. The number of aryl methyl sites for hydroxylation is 3. The zero-order valence-corrected chi connectivity index (χ0v) is 15.4.